The molecule has 4 heterocycles. The Balaban J connectivity index is 1.81. The number of fused-ring (bicyclic) bond motifs is 1. The van der Waals surface area contributed by atoms with Gasteiger partial charge in [-0.15, -0.1) is 0 Å². The molecule has 0 atom stereocenters. The molecule has 4 aromatic rings. The third-order valence-corrected chi connectivity index (χ3v) is 5.15. The normalized spacial score (nSPS) is 10.9. The van der Waals surface area contributed by atoms with Crippen LogP contribution in [0.2, 0.25) is 10.0 Å². The average molecular weight is 509 g/mol. The second kappa shape index (κ2) is 8.05. The van der Waals surface area contributed by atoms with Crippen LogP contribution in [0, 0.1) is 0 Å². The van der Waals surface area contributed by atoms with Crippen molar-refractivity contribution in [3.63, 3.8) is 0 Å². The Morgan fingerprint density at radius 2 is 1.90 bits per heavy atom. The molecule has 0 aliphatic carbocycles. The van der Waals surface area contributed by atoms with Crippen molar-refractivity contribution in [2.75, 3.05) is 12.4 Å². The van der Waals surface area contributed by atoms with Crippen LogP contribution in [0.4, 0.5) is 5.69 Å². The van der Waals surface area contributed by atoms with Gasteiger partial charge in [0.05, 0.1) is 27.4 Å². The summed E-state index contributed by atoms with van der Waals surface area (Å²) in [5, 5.41) is 14.1. The van der Waals surface area contributed by atoms with Crippen LogP contribution in [0.25, 0.3) is 11.3 Å². The fourth-order valence-electron chi connectivity index (χ4n) is 2.86. The van der Waals surface area contributed by atoms with Crippen molar-refractivity contribution in [1.82, 2.24) is 29.7 Å². The third-order valence-electron chi connectivity index (χ3n) is 4.17. The van der Waals surface area contributed by atoms with E-state index in [1.165, 1.54) is 34.7 Å². The minimum Gasteiger partial charge on any atom is -0.354 e. The molecule has 0 saturated heterocycles. The summed E-state index contributed by atoms with van der Waals surface area (Å²) in [4.78, 5) is 29.8. The van der Waals surface area contributed by atoms with Crippen molar-refractivity contribution in [2.45, 2.75) is 0 Å². The summed E-state index contributed by atoms with van der Waals surface area (Å²) in [7, 11) is 1.47. The van der Waals surface area contributed by atoms with Crippen LogP contribution in [-0.4, -0.2) is 43.2 Å². The molecule has 4 rings (SSSR count). The van der Waals surface area contributed by atoms with E-state index in [9.17, 15) is 9.59 Å². The molecule has 0 aliphatic rings. The van der Waals surface area contributed by atoms with Crippen LogP contribution in [0.5, 0.6) is 0 Å². The highest BCUT2D eigenvalue weighted by Crippen LogP contribution is 2.29. The van der Waals surface area contributed by atoms with Gasteiger partial charge in [-0.3, -0.25) is 9.59 Å². The van der Waals surface area contributed by atoms with Crippen LogP contribution >= 0.6 is 39.1 Å². The molecule has 0 fully saturated rings. The van der Waals surface area contributed by atoms with Gasteiger partial charge in [-0.2, -0.15) is 10.2 Å². The van der Waals surface area contributed by atoms with Gasteiger partial charge in [0.25, 0.3) is 11.8 Å². The number of carbonyl (C=O) groups is 2. The zero-order valence-electron chi connectivity index (χ0n) is 15.2. The number of nitrogens with one attached hydrogen (secondary N) is 2. The van der Waals surface area contributed by atoms with Gasteiger partial charge in [0.2, 0.25) is 0 Å². The minimum absolute atomic E-state index is 0.0827. The number of aromatic nitrogens is 5. The van der Waals surface area contributed by atoms with Crippen molar-refractivity contribution < 1.29 is 9.59 Å². The fourth-order valence-corrected chi connectivity index (χ4v) is 3.69. The van der Waals surface area contributed by atoms with E-state index in [2.05, 4.69) is 41.7 Å². The molecule has 152 valence electrons. The molecule has 9 nitrogen and oxygen atoms in total. The van der Waals surface area contributed by atoms with Crippen molar-refractivity contribution >= 4 is 62.2 Å². The van der Waals surface area contributed by atoms with Crippen molar-refractivity contribution in [3.05, 3.63) is 68.8 Å². The summed E-state index contributed by atoms with van der Waals surface area (Å²) in [5.74, 6) is -0.771. The van der Waals surface area contributed by atoms with Crippen molar-refractivity contribution in [2.24, 2.45) is 0 Å². The maximum absolute atomic E-state index is 13.1. The first kappa shape index (κ1) is 20.3. The molecule has 2 amide bonds. The molecule has 0 spiro atoms. The predicted molar refractivity (Wildman–Crippen MR) is 116 cm³/mol. The van der Waals surface area contributed by atoms with Crippen LogP contribution in [0.1, 0.15) is 21.0 Å². The summed E-state index contributed by atoms with van der Waals surface area (Å²) in [6.45, 7) is 0. The van der Waals surface area contributed by atoms with Crippen LogP contribution in [0.15, 0.2) is 47.3 Å². The molecule has 0 aliphatic heterocycles. The Kier molecular flexibility index (Phi) is 5.46. The van der Waals surface area contributed by atoms with E-state index in [4.69, 9.17) is 23.2 Å². The lowest BCUT2D eigenvalue weighted by Crippen LogP contribution is -2.26. The van der Waals surface area contributed by atoms with Crippen molar-refractivity contribution in [3.8, 4) is 5.82 Å². The number of carbonyl (C=O) groups excluding carboxylic acids is 2. The first-order valence-corrected chi connectivity index (χ1v) is 10.0. The molecule has 0 unspecified atom stereocenters. The molecule has 30 heavy (non-hydrogen) atoms. The van der Waals surface area contributed by atoms with Gasteiger partial charge in [-0.25, -0.2) is 14.2 Å². The summed E-state index contributed by atoms with van der Waals surface area (Å²) in [6.07, 6.45) is 3.06. The average Bonchev–Trinajstić information content (AvgIpc) is 3.34. The van der Waals surface area contributed by atoms with Crippen LogP contribution < -0.4 is 10.6 Å². The van der Waals surface area contributed by atoms with E-state index < -0.39 is 11.8 Å². The lowest BCUT2D eigenvalue weighted by molar-refractivity contribution is 0.0956. The first-order valence-electron chi connectivity index (χ1n) is 8.47. The highest BCUT2D eigenvalue weighted by atomic mass is 79.9. The minimum atomic E-state index is -0.575. The standard InChI is InChI=1S/C18H12BrCl2N7O2/c1-22-18(30)15-14(11(21)7-9-4-6-24-27(9)15)25-17(29)12-8-13(19)26-28(12)16-10(20)3-2-5-23-16/h2-8H,1H3,(H,22,30)(H,25,29). The van der Waals surface area contributed by atoms with Gasteiger partial charge in [-0.05, 0) is 40.2 Å². The highest BCUT2D eigenvalue weighted by Gasteiger charge is 2.24. The van der Waals surface area contributed by atoms with E-state index in [-0.39, 0.29) is 27.9 Å². The molecule has 0 saturated carbocycles. The van der Waals surface area contributed by atoms with Crippen LogP contribution in [0.3, 0.4) is 0 Å². The monoisotopic (exact) mass is 507 g/mol. The number of pyridine rings is 2. The largest absolute Gasteiger partial charge is 0.354 e. The Morgan fingerprint density at radius 3 is 2.63 bits per heavy atom. The van der Waals surface area contributed by atoms with Crippen molar-refractivity contribution in [1.29, 1.82) is 0 Å². The van der Waals surface area contributed by atoms with Gasteiger partial charge >= 0.3 is 0 Å². The molecule has 12 heteroatoms. The van der Waals surface area contributed by atoms with E-state index in [0.29, 0.717) is 15.1 Å². The Morgan fingerprint density at radius 1 is 1.10 bits per heavy atom. The van der Waals surface area contributed by atoms with Gasteiger partial charge in [0, 0.05) is 19.3 Å². The maximum atomic E-state index is 13.1. The molecule has 4 aromatic heterocycles. The zero-order chi connectivity index (χ0) is 21.4. The number of halogens is 3. The number of hydrogen-bond donors (Lipinski definition) is 2. The fraction of sp³-hybridized carbons (Fsp3) is 0.0556. The van der Waals surface area contributed by atoms with Gasteiger partial charge in [0.15, 0.2) is 11.5 Å². The number of rotatable bonds is 4. The predicted octanol–water partition coefficient (Wildman–Crippen LogP) is 3.60. The maximum Gasteiger partial charge on any atom is 0.274 e. The second-order valence-corrected chi connectivity index (χ2v) is 7.62. The lowest BCUT2D eigenvalue weighted by Gasteiger charge is -2.14. The number of amides is 2. The van der Waals surface area contributed by atoms with E-state index in [1.54, 1.807) is 24.3 Å². The van der Waals surface area contributed by atoms with E-state index in [1.807, 2.05) is 0 Å². The van der Waals surface area contributed by atoms with Gasteiger partial charge in [-0.1, -0.05) is 23.2 Å². The first-order chi connectivity index (χ1) is 14.4. The SMILES string of the molecule is CNC(=O)c1c(NC(=O)c2cc(Br)nn2-c2ncccc2Cl)c(Cl)cc2ccnn12. The zero-order valence-corrected chi connectivity index (χ0v) is 18.3. The summed E-state index contributed by atoms with van der Waals surface area (Å²) < 4.78 is 3.08. The topological polar surface area (TPSA) is 106 Å². The number of hydrogen-bond acceptors (Lipinski definition) is 5. The smallest absolute Gasteiger partial charge is 0.274 e. The van der Waals surface area contributed by atoms with E-state index in [0.717, 1.165) is 0 Å². The van der Waals surface area contributed by atoms with Gasteiger partial charge < -0.3 is 10.6 Å². The molecular formula is C18H12BrCl2N7O2. The Labute approximate surface area is 188 Å². The summed E-state index contributed by atoms with van der Waals surface area (Å²) in [5.41, 5.74) is 0.916. The Hall–Kier alpha value is -2.95. The molecule has 0 radical (unpaired) electrons. The van der Waals surface area contributed by atoms with E-state index >= 15 is 0 Å². The highest BCUT2D eigenvalue weighted by molar-refractivity contribution is 9.10. The third kappa shape index (κ3) is 3.53. The number of nitrogens with zero attached hydrogens (tertiary/aromatic N) is 5. The second-order valence-electron chi connectivity index (χ2n) is 5.99. The quantitative estimate of drug-likeness (QED) is 0.438. The molecule has 0 aromatic carbocycles. The molecular weight excluding hydrogens is 497 g/mol. The van der Waals surface area contributed by atoms with Gasteiger partial charge in [0.1, 0.15) is 10.3 Å². The molecule has 0 bridgehead atoms. The molecule has 2 N–H and O–H groups in total. The number of anilines is 1. The Bertz CT molecular complexity index is 1300. The van der Waals surface area contributed by atoms with Crippen LogP contribution in [-0.2, 0) is 0 Å². The lowest BCUT2D eigenvalue weighted by atomic mass is 10.2. The summed E-state index contributed by atoms with van der Waals surface area (Å²) >= 11 is 15.9. The summed E-state index contributed by atoms with van der Waals surface area (Å²) in [6, 6.07) is 8.09.